The van der Waals surface area contributed by atoms with Gasteiger partial charge in [0.05, 0.1) is 12.0 Å². The molecule has 8 heteroatoms. The van der Waals surface area contributed by atoms with Gasteiger partial charge in [-0.3, -0.25) is 4.79 Å². The number of rotatable bonds is 9. The highest BCUT2D eigenvalue weighted by atomic mass is 32.2. The Morgan fingerprint density at radius 3 is 2.19 bits per heavy atom. The number of hydrogen-bond donors (Lipinski definition) is 2. The molecule has 0 saturated heterocycles. The van der Waals surface area contributed by atoms with E-state index in [2.05, 4.69) is 4.72 Å². The Labute approximate surface area is 159 Å². The van der Waals surface area contributed by atoms with Gasteiger partial charge in [-0.05, 0) is 48.7 Å². The molecule has 7 nitrogen and oxygen atoms in total. The van der Waals surface area contributed by atoms with Crippen molar-refractivity contribution in [2.45, 2.75) is 31.2 Å². The molecule has 2 aromatic rings. The minimum atomic E-state index is -3.96. The Balaban J connectivity index is 2.16. The molecule has 1 unspecified atom stereocenters. The van der Waals surface area contributed by atoms with Crippen molar-refractivity contribution in [3.8, 4) is 17.2 Å². The molecule has 0 heterocycles. The van der Waals surface area contributed by atoms with Crippen LogP contribution in [0.4, 0.5) is 0 Å². The number of aliphatic carboxylic acids is 1. The predicted molar refractivity (Wildman–Crippen MR) is 101 cm³/mol. The number of carboxylic acids is 1. The monoisotopic (exact) mass is 393 g/mol. The third-order valence-electron chi connectivity index (χ3n) is 3.73. The first-order valence-electron chi connectivity index (χ1n) is 8.39. The second-order valence-electron chi connectivity index (χ2n) is 6.37. The van der Waals surface area contributed by atoms with E-state index in [1.807, 2.05) is 19.9 Å². The molecular weight excluding hydrogens is 370 g/mol. The average Bonchev–Trinajstić information content (AvgIpc) is 2.61. The molecule has 0 spiro atoms. The lowest BCUT2D eigenvalue weighted by molar-refractivity contribution is -0.139. The molecule has 146 valence electrons. The second-order valence-corrected chi connectivity index (χ2v) is 8.08. The van der Waals surface area contributed by atoms with Gasteiger partial charge in [0.2, 0.25) is 10.0 Å². The van der Waals surface area contributed by atoms with Crippen molar-refractivity contribution in [1.82, 2.24) is 4.72 Å². The van der Waals surface area contributed by atoms with Gasteiger partial charge in [0.15, 0.2) is 11.5 Å². The number of nitrogens with one attached hydrogen (secondary N) is 1. The highest BCUT2D eigenvalue weighted by molar-refractivity contribution is 7.89. The molecule has 0 amide bonds. The predicted octanol–water partition coefficient (Wildman–Crippen LogP) is 3.27. The van der Waals surface area contributed by atoms with Crippen molar-refractivity contribution in [2.24, 2.45) is 5.92 Å². The molecular formula is C19H23NO6S. The van der Waals surface area contributed by atoms with Crippen LogP contribution in [-0.2, 0) is 14.8 Å². The van der Waals surface area contributed by atoms with Crippen LogP contribution in [0, 0.1) is 5.92 Å². The molecule has 0 fully saturated rings. The maximum atomic E-state index is 12.5. The Kier molecular flexibility index (Phi) is 6.81. The molecule has 2 aromatic carbocycles. The van der Waals surface area contributed by atoms with Crippen molar-refractivity contribution in [2.75, 3.05) is 7.11 Å². The maximum Gasteiger partial charge on any atom is 0.321 e. The van der Waals surface area contributed by atoms with E-state index < -0.39 is 22.0 Å². The molecule has 27 heavy (non-hydrogen) atoms. The summed E-state index contributed by atoms with van der Waals surface area (Å²) in [4.78, 5) is 11.3. The summed E-state index contributed by atoms with van der Waals surface area (Å²) in [6, 6.07) is 11.6. The van der Waals surface area contributed by atoms with Crippen LogP contribution in [0.1, 0.15) is 20.3 Å². The van der Waals surface area contributed by atoms with E-state index in [-0.39, 0.29) is 17.2 Å². The highest BCUT2D eigenvalue weighted by Gasteiger charge is 2.26. The summed E-state index contributed by atoms with van der Waals surface area (Å²) in [5.74, 6) is 0.301. The molecule has 0 saturated carbocycles. The number of hydrogen-bond acceptors (Lipinski definition) is 5. The van der Waals surface area contributed by atoms with Gasteiger partial charge in [0.1, 0.15) is 11.8 Å². The van der Waals surface area contributed by atoms with Gasteiger partial charge in [-0.25, -0.2) is 8.42 Å². The standard InChI is InChI=1S/C19H23NO6S/c1-13(2)12-16(19(21)22)20-27(23,24)15-10-8-14(9-11-15)26-18-7-5-4-6-17(18)25-3/h4-11,13,16,20H,12H2,1-3H3,(H,21,22). The average molecular weight is 393 g/mol. The zero-order valence-corrected chi connectivity index (χ0v) is 16.2. The Morgan fingerprint density at radius 1 is 1.07 bits per heavy atom. The van der Waals surface area contributed by atoms with E-state index in [0.29, 0.717) is 17.2 Å². The van der Waals surface area contributed by atoms with E-state index in [4.69, 9.17) is 9.47 Å². The van der Waals surface area contributed by atoms with Gasteiger partial charge in [-0.2, -0.15) is 4.72 Å². The minimum Gasteiger partial charge on any atom is -0.493 e. The van der Waals surface area contributed by atoms with Gasteiger partial charge in [0, 0.05) is 0 Å². The van der Waals surface area contributed by atoms with Crippen LogP contribution in [-0.4, -0.2) is 32.6 Å². The number of carboxylic acid groups (broad SMARTS) is 1. The fourth-order valence-electron chi connectivity index (χ4n) is 2.44. The van der Waals surface area contributed by atoms with Crippen LogP contribution in [0.3, 0.4) is 0 Å². The Bertz CT molecular complexity index is 877. The van der Waals surface area contributed by atoms with Crippen molar-refractivity contribution >= 4 is 16.0 Å². The fraction of sp³-hybridized carbons (Fsp3) is 0.316. The van der Waals surface area contributed by atoms with Crippen LogP contribution in [0.5, 0.6) is 17.2 Å². The summed E-state index contributed by atoms with van der Waals surface area (Å²) in [5, 5.41) is 9.23. The van der Waals surface area contributed by atoms with Gasteiger partial charge in [-0.15, -0.1) is 0 Å². The van der Waals surface area contributed by atoms with Gasteiger partial charge in [0.25, 0.3) is 0 Å². The quantitative estimate of drug-likeness (QED) is 0.678. The third-order valence-corrected chi connectivity index (χ3v) is 5.22. The highest BCUT2D eigenvalue weighted by Crippen LogP contribution is 2.31. The number of benzene rings is 2. The summed E-state index contributed by atoms with van der Waals surface area (Å²) in [6.45, 7) is 3.66. The summed E-state index contributed by atoms with van der Waals surface area (Å²) >= 11 is 0. The number of methoxy groups -OCH3 is 1. The number of ether oxygens (including phenoxy) is 2. The first kappa shape index (κ1) is 20.7. The third kappa shape index (κ3) is 5.70. The first-order chi connectivity index (χ1) is 12.7. The lowest BCUT2D eigenvalue weighted by Gasteiger charge is -2.17. The van der Waals surface area contributed by atoms with Crippen LogP contribution >= 0.6 is 0 Å². The number of para-hydroxylation sites is 2. The molecule has 2 N–H and O–H groups in total. The van der Waals surface area contributed by atoms with Crippen molar-refractivity contribution in [3.63, 3.8) is 0 Å². The fourth-order valence-corrected chi connectivity index (χ4v) is 3.65. The number of carbonyl (C=O) groups is 1. The van der Waals surface area contributed by atoms with Gasteiger partial charge >= 0.3 is 5.97 Å². The molecule has 1 atom stereocenters. The molecule has 0 aliphatic heterocycles. The van der Waals surface area contributed by atoms with Crippen LogP contribution in [0.25, 0.3) is 0 Å². The zero-order chi connectivity index (χ0) is 20.0. The van der Waals surface area contributed by atoms with E-state index in [1.165, 1.54) is 31.4 Å². The molecule has 2 rings (SSSR count). The number of sulfonamides is 1. The maximum absolute atomic E-state index is 12.5. The van der Waals surface area contributed by atoms with E-state index in [0.717, 1.165) is 0 Å². The van der Waals surface area contributed by atoms with Gasteiger partial charge < -0.3 is 14.6 Å². The normalized spacial score (nSPS) is 12.6. The summed E-state index contributed by atoms with van der Waals surface area (Å²) in [5.41, 5.74) is 0. The van der Waals surface area contributed by atoms with Gasteiger partial charge in [-0.1, -0.05) is 26.0 Å². The lowest BCUT2D eigenvalue weighted by atomic mass is 10.1. The Hall–Kier alpha value is -2.58. The summed E-state index contributed by atoms with van der Waals surface area (Å²) in [6.07, 6.45) is 0.198. The molecule has 0 aliphatic rings. The SMILES string of the molecule is COc1ccccc1Oc1ccc(S(=O)(=O)NC(CC(C)C)C(=O)O)cc1. The second kappa shape index (κ2) is 8.88. The minimum absolute atomic E-state index is 0.0328. The van der Waals surface area contributed by atoms with Crippen LogP contribution in [0.15, 0.2) is 53.4 Å². The lowest BCUT2D eigenvalue weighted by Crippen LogP contribution is -2.41. The van der Waals surface area contributed by atoms with E-state index in [1.54, 1.807) is 18.2 Å². The summed E-state index contributed by atoms with van der Waals surface area (Å²) in [7, 11) is -2.44. The Morgan fingerprint density at radius 2 is 1.67 bits per heavy atom. The molecule has 0 aromatic heterocycles. The molecule has 0 bridgehead atoms. The van der Waals surface area contributed by atoms with E-state index in [9.17, 15) is 18.3 Å². The summed E-state index contributed by atoms with van der Waals surface area (Å²) < 4.78 is 38.1. The van der Waals surface area contributed by atoms with Crippen molar-refractivity contribution in [1.29, 1.82) is 0 Å². The smallest absolute Gasteiger partial charge is 0.321 e. The van der Waals surface area contributed by atoms with E-state index >= 15 is 0 Å². The van der Waals surface area contributed by atoms with Crippen molar-refractivity contribution < 1.29 is 27.8 Å². The van der Waals surface area contributed by atoms with Crippen LogP contribution < -0.4 is 14.2 Å². The largest absolute Gasteiger partial charge is 0.493 e. The first-order valence-corrected chi connectivity index (χ1v) is 9.87. The zero-order valence-electron chi connectivity index (χ0n) is 15.4. The van der Waals surface area contributed by atoms with Crippen LogP contribution in [0.2, 0.25) is 0 Å². The molecule has 0 aliphatic carbocycles. The van der Waals surface area contributed by atoms with Crippen molar-refractivity contribution in [3.05, 3.63) is 48.5 Å². The topological polar surface area (TPSA) is 102 Å². The molecule has 0 radical (unpaired) electrons.